The number of carbonyl (C=O) groups excluding carboxylic acids is 2. The van der Waals surface area contributed by atoms with E-state index in [4.69, 9.17) is 0 Å². The third kappa shape index (κ3) is 5.34. The summed E-state index contributed by atoms with van der Waals surface area (Å²) in [6, 6.07) is 0. The fourth-order valence-electron chi connectivity index (χ4n) is 0.351. The van der Waals surface area contributed by atoms with Crippen molar-refractivity contribution >= 4 is 11.6 Å². The molecule has 0 rings (SSSR count). The highest BCUT2D eigenvalue weighted by Crippen LogP contribution is 1.80. The first-order valence-corrected chi connectivity index (χ1v) is 2.12. The van der Waals surface area contributed by atoms with Crippen molar-refractivity contribution in [3.8, 4) is 0 Å². The van der Waals surface area contributed by atoms with Gasteiger partial charge in [0.25, 0.3) is 0 Å². The maximum atomic E-state index is 10.0. The summed E-state index contributed by atoms with van der Waals surface area (Å²) in [5.41, 5.74) is 0. The first kappa shape index (κ1) is 6.34. The Kier molecular flexibility index (Phi) is 2.27. The van der Waals surface area contributed by atoms with Gasteiger partial charge in [0, 0.05) is 0 Å². The van der Waals surface area contributed by atoms with E-state index in [0.717, 1.165) is 0 Å². The van der Waals surface area contributed by atoms with Gasteiger partial charge >= 0.3 is 0 Å². The number of ketones is 2. The largest absolute Gasteiger partial charge is 0.300 e. The lowest BCUT2D eigenvalue weighted by Gasteiger charge is -1.81. The van der Waals surface area contributed by atoms with E-state index in [9.17, 15) is 9.59 Å². The van der Waals surface area contributed by atoms with E-state index < -0.39 is 0 Å². The molecule has 0 spiro atoms. The SMILES string of the molecule is [13CH3]C(=O)[13CH2]C([13CH3])=O. The van der Waals surface area contributed by atoms with Gasteiger partial charge in [-0.2, -0.15) is 0 Å². The van der Waals surface area contributed by atoms with Gasteiger partial charge in [-0.25, -0.2) is 0 Å². The Balaban J connectivity index is 3.32. The highest BCUT2D eigenvalue weighted by molar-refractivity contribution is 5.96. The molecule has 0 aromatic carbocycles. The summed E-state index contributed by atoms with van der Waals surface area (Å²) in [5.74, 6) is -0.125. The van der Waals surface area contributed by atoms with Gasteiger partial charge < -0.3 is 0 Å². The molecular weight excluding hydrogens is 95.0 g/mol. The van der Waals surface area contributed by atoms with Gasteiger partial charge in [0.05, 0.1) is 6.42 Å². The predicted octanol–water partition coefficient (Wildman–Crippen LogP) is 0.554. The number of rotatable bonds is 2. The second-order valence-electron chi connectivity index (χ2n) is 1.58. The molecule has 0 fully saturated rings. The summed E-state index contributed by atoms with van der Waals surface area (Å²) >= 11 is 0. The molecule has 2 heteroatoms. The van der Waals surface area contributed by atoms with Gasteiger partial charge in [0.2, 0.25) is 0 Å². The quantitative estimate of drug-likeness (QED) is 0.378. The van der Waals surface area contributed by atoms with Crippen molar-refractivity contribution < 1.29 is 9.59 Å². The van der Waals surface area contributed by atoms with Gasteiger partial charge in [-0.05, 0) is 13.8 Å². The molecule has 0 aliphatic rings. The molecule has 0 saturated heterocycles. The van der Waals surface area contributed by atoms with Gasteiger partial charge in [-0.15, -0.1) is 0 Å². The van der Waals surface area contributed by atoms with E-state index in [1.54, 1.807) is 0 Å². The van der Waals surface area contributed by atoms with Crippen LogP contribution < -0.4 is 0 Å². The second-order valence-corrected chi connectivity index (χ2v) is 1.58. The number of hydrogen-bond donors (Lipinski definition) is 0. The minimum Gasteiger partial charge on any atom is -0.300 e. The van der Waals surface area contributed by atoms with Gasteiger partial charge in [0.15, 0.2) is 0 Å². The maximum Gasteiger partial charge on any atom is 0.137 e. The molecule has 0 aromatic rings. The Morgan fingerprint density at radius 2 is 1.43 bits per heavy atom. The first-order chi connectivity index (χ1) is 3.13. The fraction of sp³-hybridized carbons (Fsp3) is 0.600. The van der Waals surface area contributed by atoms with Crippen molar-refractivity contribution in [3.63, 3.8) is 0 Å². The minimum absolute atomic E-state index is 0.0625. The van der Waals surface area contributed by atoms with Crippen molar-refractivity contribution in [3.05, 3.63) is 0 Å². The van der Waals surface area contributed by atoms with E-state index in [1.165, 1.54) is 13.8 Å². The number of Topliss-reactive ketones (excluding diaryl/α,β-unsaturated/α-hetero) is 2. The van der Waals surface area contributed by atoms with Crippen LogP contribution in [0.3, 0.4) is 0 Å². The topological polar surface area (TPSA) is 34.1 Å². The van der Waals surface area contributed by atoms with Crippen LogP contribution in [0.5, 0.6) is 0 Å². The van der Waals surface area contributed by atoms with Crippen LogP contribution in [0.2, 0.25) is 0 Å². The van der Waals surface area contributed by atoms with Crippen molar-refractivity contribution in [2.24, 2.45) is 0 Å². The molecule has 0 bridgehead atoms. The van der Waals surface area contributed by atoms with Crippen LogP contribution in [0.1, 0.15) is 20.3 Å². The molecule has 0 unspecified atom stereocenters. The summed E-state index contributed by atoms with van der Waals surface area (Å²) < 4.78 is 0. The number of carbonyl (C=O) groups is 2. The van der Waals surface area contributed by atoms with Crippen molar-refractivity contribution in [2.45, 2.75) is 20.3 Å². The Hall–Kier alpha value is -0.660. The zero-order chi connectivity index (χ0) is 5.86. The zero-order valence-electron chi connectivity index (χ0n) is 4.52. The first-order valence-electron chi connectivity index (χ1n) is 2.12. The highest BCUT2D eigenvalue weighted by Gasteiger charge is 1.94. The Bertz CT molecular complexity index is 82.3. The lowest BCUT2D eigenvalue weighted by Crippen LogP contribution is -1.97. The maximum absolute atomic E-state index is 10.0. The average Bonchev–Trinajstić information content (AvgIpc) is 1.27. The van der Waals surface area contributed by atoms with Crippen LogP contribution in [-0.2, 0) is 9.59 Å². The molecule has 0 saturated carbocycles. The lowest BCUT2D eigenvalue weighted by molar-refractivity contribution is -0.124. The van der Waals surface area contributed by atoms with Crippen molar-refractivity contribution in [2.75, 3.05) is 0 Å². The molecule has 0 aliphatic heterocycles. The molecule has 0 aromatic heterocycles. The summed E-state index contributed by atoms with van der Waals surface area (Å²) in [6.07, 6.45) is 0.0833. The number of hydrogen-bond acceptors (Lipinski definition) is 2. The highest BCUT2D eigenvalue weighted by atomic mass is 16.2. The zero-order valence-corrected chi connectivity index (χ0v) is 4.52. The van der Waals surface area contributed by atoms with Crippen LogP contribution >= 0.6 is 0 Å². The second kappa shape index (κ2) is 2.50. The van der Waals surface area contributed by atoms with Crippen LogP contribution in [-0.4, -0.2) is 11.6 Å². The molecule has 7 heavy (non-hydrogen) atoms. The molecule has 40 valence electrons. The van der Waals surface area contributed by atoms with Gasteiger partial charge in [-0.3, -0.25) is 9.59 Å². The normalized spacial score (nSPS) is 8.29. The minimum atomic E-state index is -0.0625. The van der Waals surface area contributed by atoms with Gasteiger partial charge in [-0.1, -0.05) is 0 Å². The molecule has 2 nitrogen and oxygen atoms in total. The summed E-state index contributed by atoms with van der Waals surface area (Å²) in [4.78, 5) is 20.1. The lowest BCUT2D eigenvalue weighted by atomic mass is 10.6. The van der Waals surface area contributed by atoms with Crippen molar-refractivity contribution in [1.82, 2.24) is 0 Å². The van der Waals surface area contributed by atoms with E-state index >= 15 is 0 Å². The average molecular weight is 103 g/mol. The molecule has 0 aliphatic carbocycles. The summed E-state index contributed by atoms with van der Waals surface area (Å²) in [7, 11) is 0. The smallest absolute Gasteiger partial charge is 0.137 e. The molecule has 0 radical (unpaired) electrons. The van der Waals surface area contributed by atoms with E-state index in [0.29, 0.717) is 0 Å². The van der Waals surface area contributed by atoms with Crippen molar-refractivity contribution in [1.29, 1.82) is 0 Å². The monoisotopic (exact) mass is 103 g/mol. The summed E-state index contributed by atoms with van der Waals surface area (Å²) in [6.45, 7) is 2.81. The molecule has 0 amide bonds. The standard InChI is InChI=1S/C5H8O2/c1-4(6)3-5(2)7/h3H2,1-2H3/i1+1,2+1,3+1. The van der Waals surface area contributed by atoms with Crippen LogP contribution in [0.15, 0.2) is 0 Å². The molecule has 0 atom stereocenters. The van der Waals surface area contributed by atoms with Crippen LogP contribution in [0.25, 0.3) is 0 Å². The van der Waals surface area contributed by atoms with Crippen LogP contribution in [0.4, 0.5) is 0 Å². The molecular formula is C5H8O2. The molecule has 0 heterocycles. The third-order valence-corrected chi connectivity index (χ3v) is 0.498. The summed E-state index contributed by atoms with van der Waals surface area (Å²) in [5, 5.41) is 0. The van der Waals surface area contributed by atoms with Crippen LogP contribution in [0, 0.1) is 0 Å². The van der Waals surface area contributed by atoms with E-state index in [-0.39, 0.29) is 18.0 Å². The third-order valence-electron chi connectivity index (χ3n) is 0.498. The van der Waals surface area contributed by atoms with E-state index in [2.05, 4.69) is 0 Å². The van der Waals surface area contributed by atoms with Gasteiger partial charge in [0.1, 0.15) is 11.6 Å². The Morgan fingerprint density at radius 3 is 1.43 bits per heavy atom. The predicted molar refractivity (Wildman–Crippen MR) is 26.0 cm³/mol. The molecule has 0 N–H and O–H groups in total. The Morgan fingerprint density at radius 1 is 1.14 bits per heavy atom. The van der Waals surface area contributed by atoms with E-state index in [1.807, 2.05) is 0 Å². The fourth-order valence-corrected chi connectivity index (χ4v) is 0.351. The Labute approximate surface area is 42.5 Å².